The largest absolute Gasteiger partial charge is 0.337 e. The van der Waals surface area contributed by atoms with E-state index in [9.17, 15) is 14.0 Å². The number of benzene rings is 1. The SMILES string of the molecule is O=C(c1cnccn1)N1CC[C@@H]2[C@H](C1)[C@@H](c1ccc(F)cc1)CN2C(=O)c1ccccn1. The van der Waals surface area contributed by atoms with Gasteiger partial charge in [-0.25, -0.2) is 9.37 Å². The van der Waals surface area contributed by atoms with Crippen molar-refractivity contribution in [1.82, 2.24) is 24.8 Å². The molecule has 4 heterocycles. The normalized spacial score (nSPS) is 22.5. The summed E-state index contributed by atoms with van der Waals surface area (Å²) in [6.45, 7) is 1.52. The van der Waals surface area contributed by atoms with E-state index in [-0.39, 0.29) is 35.5 Å². The number of pyridine rings is 1. The Morgan fingerprint density at radius 2 is 1.72 bits per heavy atom. The maximum Gasteiger partial charge on any atom is 0.274 e. The van der Waals surface area contributed by atoms with Crippen LogP contribution in [-0.4, -0.2) is 62.2 Å². The van der Waals surface area contributed by atoms with Crippen LogP contribution in [0.25, 0.3) is 0 Å². The van der Waals surface area contributed by atoms with E-state index in [1.54, 1.807) is 41.4 Å². The molecular formula is C24H22FN5O2. The second-order valence-electron chi connectivity index (χ2n) is 8.19. The van der Waals surface area contributed by atoms with Gasteiger partial charge in [0.25, 0.3) is 11.8 Å². The molecule has 0 N–H and O–H groups in total. The predicted molar refractivity (Wildman–Crippen MR) is 114 cm³/mol. The van der Waals surface area contributed by atoms with Gasteiger partial charge in [-0.3, -0.25) is 19.6 Å². The smallest absolute Gasteiger partial charge is 0.274 e. The summed E-state index contributed by atoms with van der Waals surface area (Å²) in [6, 6.07) is 11.7. The van der Waals surface area contributed by atoms with E-state index in [4.69, 9.17) is 0 Å². The molecule has 0 aliphatic carbocycles. The fourth-order valence-electron chi connectivity index (χ4n) is 4.92. The van der Waals surface area contributed by atoms with E-state index in [0.717, 1.165) is 5.56 Å². The van der Waals surface area contributed by atoms with Gasteiger partial charge in [0, 0.05) is 56.1 Å². The number of rotatable bonds is 3. The average molecular weight is 431 g/mol. The number of piperidine rings is 1. The Hall–Kier alpha value is -3.68. The van der Waals surface area contributed by atoms with E-state index < -0.39 is 0 Å². The maximum atomic E-state index is 13.5. The van der Waals surface area contributed by atoms with Gasteiger partial charge in [0.15, 0.2) is 0 Å². The van der Waals surface area contributed by atoms with Gasteiger partial charge < -0.3 is 9.80 Å². The van der Waals surface area contributed by atoms with Crippen molar-refractivity contribution < 1.29 is 14.0 Å². The van der Waals surface area contributed by atoms with Crippen LogP contribution in [-0.2, 0) is 0 Å². The van der Waals surface area contributed by atoms with Crippen LogP contribution >= 0.6 is 0 Å². The Morgan fingerprint density at radius 1 is 0.906 bits per heavy atom. The van der Waals surface area contributed by atoms with Crippen LogP contribution in [0.1, 0.15) is 38.9 Å². The minimum Gasteiger partial charge on any atom is -0.337 e. The monoisotopic (exact) mass is 431 g/mol. The first-order valence-electron chi connectivity index (χ1n) is 10.6. The number of likely N-dealkylation sites (tertiary alicyclic amines) is 2. The maximum absolute atomic E-state index is 13.5. The van der Waals surface area contributed by atoms with Crippen molar-refractivity contribution in [2.24, 2.45) is 5.92 Å². The molecule has 3 aromatic rings. The summed E-state index contributed by atoms with van der Waals surface area (Å²) in [7, 11) is 0. The lowest BCUT2D eigenvalue weighted by molar-refractivity contribution is 0.0527. The van der Waals surface area contributed by atoms with Crippen molar-refractivity contribution in [3.8, 4) is 0 Å². The van der Waals surface area contributed by atoms with E-state index in [1.807, 2.05) is 4.90 Å². The first-order valence-corrected chi connectivity index (χ1v) is 10.6. The van der Waals surface area contributed by atoms with Gasteiger partial charge in [-0.1, -0.05) is 18.2 Å². The molecule has 2 fully saturated rings. The lowest BCUT2D eigenvalue weighted by atomic mass is 9.81. The number of hydrogen-bond acceptors (Lipinski definition) is 5. The minimum absolute atomic E-state index is 0.00859. The molecule has 0 bridgehead atoms. The zero-order valence-corrected chi connectivity index (χ0v) is 17.3. The highest BCUT2D eigenvalue weighted by Gasteiger charge is 2.48. The highest BCUT2D eigenvalue weighted by Crippen LogP contribution is 2.42. The van der Waals surface area contributed by atoms with Crippen molar-refractivity contribution in [2.45, 2.75) is 18.4 Å². The Balaban J connectivity index is 1.44. The zero-order valence-electron chi connectivity index (χ0n) is 17.3. The van der Waals surface area contributed by atoms with Gasteiger partial charge in [-0.2, -0.15) is 0 Å². The van der Waals surface area contributed by atoms with E-state index in [2.05, 4.69) is 15.0 Å². The summed E-state index contributed by atoms with van der Waals surface area (Å²) in [4.78, 5) is 42.3. The fraction of sp³-hybridized carbons (Fsp3) is 0.292. The number of carbonyl (C=O) groups excluding carboxylic acids is 2. The topological polar surface area (TPSA) is 79.3 Å². The first kappa shape index (κ1) is 20.2. The van der Waals surface area contributed by atoms with Gasteiger partial charge in [0.1, 0.15) is 17.2 Å². The quantitative estimate of drug-likeness (QED) is 0.637. The van der Waals surface area contributed by atoms with Crippen LogP contribution in [0.15, 0.2) is 67.3 Å². The lowest BCUT2D eigenvalue weighted by Gasteiger charge is -2.38. The summed E-state index contributed by atoms with van der Waals surface area (Å²) < 4.78 is 13.5. The van der Waals surface area contributed by atoms with Crippen LogP contribution in [0.4, 0.5) is 4.39 Å². The molecule has 0 spiro atoms. The molecule has 2 aliphatic heterocycles. The number of nitrogens with zero attached hydrogens (tertiary/aromatic N) is 5. The zero-order chi connectivity index (χ0) is 22.1. The van der Waals surface area contributed by atoms with E-state index in [0.29, 0.717) is 37.4 Å². The van der Waals surface area contributed by atoms with Gasteiger partial charge >= 0.3 is 0 Å². The average Bonchev–Trinajstić information content (AvgIpc) is 3.23. The number of hydrogen-bond donors (Lipinski definition) is 0. The third-order valence-electron chi connectivity index (χ3n) is 6.44. The second kappa shape index (κ2) is 8.45. The molecule has 2 saturated heterocycles. The van der Waals surface area contributed by atoms with Gasteiger partial charge in [-0.15, -0.1) is 0 Å². The molecule has 0 unspecified atom stereocenters. The molecule has 0 saturated carbocycles. The Morgan fingerprint density at radius 3 is 2.44 bits per heavy atom. The molecule has 8 heteroatoms. The summed E-state index contributed by atoms with van der Waals surface area (Å²) in [6.07, 6.45) is 6.78. The molecule has 2 aromatic heterocycles. The van der Waals surface area contributed by atoms with Crippen LogP contribution in [0.2, 0.25) is 0 Å². The van der Waals surface area contributed by atoms with Crippen LogP contribution in [0, 0.1) is 11.7 Å². The third kappa shape index (κ3) is 3.72. The number of carbonyl (C=O) groups is 2. The standard InChI is InChI=1S/C24H22FN5O2/c25-17-6-4-16(5-7-17)18-15-30(24(32)20-3-1-2-9-27-20)22-8-12-29(14-19(18)22)23(31)21-13-26-10-11-28-21/h1-7,9-11,13,18-19,22H,8,12,14-15H2/t18-,19-,22-/m1/s1. The van der Waals surface area contributed by atoms with Gasteiger partial charge in [-0.05, 0) is 36.2 Å². The van der Waals surface area contributed by atoms with E-state index >= 15 is 0 Å². The van der Waals surface area contributed by atoms with Crippen molar-refractivity contribution in [3.63, 3.8) is 0 Å². The van der Waals surface area contributed by atoms with Crippen molar-refractivity contribution in [1.29, 1.82) is 0 Å². The van der Waals surface area contributed by atoms with Gasteiger partial charge in [0.2, 0.25) is 0 Å². The molecule has 5 rings (SSSR count). The lowest BCUT2D eigenvalue weighted by Crippen LogP contribution is -2.50. The summed E-state index contributed by atoms with van der Waals surface area (Å²) in [5.41, 5.74) is 1.68. The molecule has 162 valence electrons. The minimum atomic E-state index is -0.298. The first-order chi connectivity index (χ1) is 15.6. The Kier molecular flexibility index (Phi) is 5.34. The third-order valence-corrected chi connectivity index (χ3v) is 6.44. The van der Waals surface area contributed by atoms with Crippen molar-refractivity contribution in [3.05, 3.63) is 90.0 Å². The molecule has 32 heavy (non-hydrogen) atoms. The number of aromatic nitrogens is 3. The van der Waals surface area contributed by atoms with Crippen LogP contribution in [0.5, 0.6) is 0 Å². The number of amides is 2. The molecule has 2 aliphatic rings. The highest BCUT2D eigenvalue weighted by molar-refractivity contribution is 5.93. The number of fused-ring (bicyclic) bond motifs is 1. The summed E-state index contributed by atoms with van der Waals surface area (Å²) in [5.74, 6) is -0.552. The summed E-state index contributed by atoms with van der Waals surface area (Å²) >= 11 is 0. The van der Waals surface area contributed by atoms with Crippen molar-refractivity contribution >= 4 is 11.8 Å². The Bertz CT molecular complexity index is 1110. The van der Waals surface area contributed by atoms with Crippen LogP contribution < -0.4 is 0 Å². The molecule has 7 nitrogen and oxygen atoms in total. The molecule has 0 radical (unpaired) electrons. The summed E-state index contributed by atoms with van der Waals surface area (Å²) in [5, 5.41) is 0. The van der Waals surface area contributed by atoms with Crippen molar-refractivity contribution in [2.75, 3.05) is 19.6 Å². The number of halogens is 1. The Labute approximate surface area is 184 Å². The molecule has 1 aromatic carbocycles. The van der Waals surface area contributed by atoms with Crippen LogP contribution in [0.3, 0.4) is 0 Å². The van der Waals surface area contributed by atoms with E-state index in [1.165, 1.54) is 30.7 Å². The fourth-order valence-corrected chi connectivity index (χ4v) is 4.92. The second-order valence-corrected chi connectivity index (χ2v) is 8.19. The predicted octanol–water partition coefficient (Wildman–Crippen LogP) is 2.78. The molecule has 2 amide bonds. The molecular weight excluding hydrogens is 409 g/mol. The molecule has 3 atom stereocenters. The highest BCUT2D eigenvalue weighted by atomic mass is 19.1. The van der Waals surface area contributed by atoms with Gasteiger partial charge in [0.05, 0.1) is 6.20 Å².